The standard InChI is InChI=1S/C16H25N3OS/c20-16(15-12-13-4-1-2-5-14(13)21-15)18-6-3-9-19-10-7-17-8-11-19/h12,17H,1-11H2,(H,18,20). The van der Waals surface area contributed by atoms with Gasteiger partial charge in [0.05, 0.1) is 4.88 Å². The van der Waals surface area contributed by atoms with Crippen LogP contribution in [-0.2, 0) is 12.8 Å². The first-order chi connectivity index (χ1) is 10.3. The van der Waals surface area contributed by atoms with Crippen LogP contribution in [0.4, 0.5) is 0 Å². The molecule has 5 heteroatoms. The molecule has 0 spiro atoms. The molecular weight excluding hydrogens is 282 g/mol. The van der Waals surface area contributed by atoms with Crippen LogP contribution in [0.2, 0.25) is 0 Å². The first-order valence-corrected chi connectivity index (χ1v) is 8.97. The summed E-state index contributed by atoms with van der Waals surface area (Å²) in [5.41, 5.74) is 1.41. The smallest absolute Gasteiger partial charge is 0.261 e. The van der Waals surface area contributed by atoms with Crippen LogP contribution in [0.1, 0.15) is 39.4 Å². The molecule has 1 aromatic heterocycles. The van der Waals surface area contributed by atoms with Gasteiger partial charge in [0.25, 0.3) is 5.91 Å². The van der Waals surface area contributed by atoms with E-state index in [1.165, 1.54) is 23.3 Å². The fourth-order valence-electron chi connectivity index (χ4n) is 3.13. The number of hydrogen-bond donors (Lipinski definition) is 2. The molecule has 2 heterocycles. The van der Waals surface area contributed by atoms with E-state index < -0.39 is 0 Å². The van der Waals surface area contributed by atoms with E-state index in [0.717, 1.165) is 63.4 Å². The van der Waals surface area contributed by atoms with Crippen molar-refractivity contribution in [3.63, 3.8) is 0 Å². The number of nitrogens with zero attached hydrogens (tertiary/aromatic N) is 1. The third-order valence-corrected chi connectivity index (χ3v) is 5.60. The van der Waals surface area contributed by atoms with E-state index in [4.69, 9.17) is 0 Å². The molecule has 116 valence electrons. The van der Waals surface area contributed by atoms with Crippen LogP contribution in [0.3, 0.4) is 0 Å². The summed E-state index contributed by atoms with van der Waals surface area (Å²) in [5, 5.41) is 6.44. The Hall–Kier alpha value is -0.910. The largest absolute Gasteiger partial charge is 0.351 e. The highest BCUT2D eigenvalue weighted by molar-refractivity contribution is 7.14. The molecule has 1 aliphatic heterocycles. The van der Waals surface area contributed by atoms with Crippen LogP contribution in [0.25, 0.3) is 0 Å². The average molecular weight is 307 g/mol. The minimum absolute atomic E-state index is 0.120. The van der Waals surface area contributed by atoms with Gasteiger partial charge in [-0.15, -0.1) is 11.3 Å². The molecule has 0 saturated carbocycles. The van der Waals surface area contributed by atoms with Crippen LogP contribution in [-0.4, -0.2) is 50.1 Å². The SMILES string of the molecule is O=C(NCCCN1CCNCC1)c1cc2c(s1)CCCC2. The number of carbonyl (C=O) groups is 1. The molecule has 1 aromatic rings. The van der Waals surface area contributed by atoms with E-state index in [1.807, 2.05) is 0 Å². The van der Waals surface area contributed by atoms with E-state index in [-0.39, 0.29) is 5.91 Å². The number of amides is 1. The fraction of sp³-hybridized carbons (Fsp3) is 0.688. The third-order valence-electron chi connectivity index (χ3n) is 4.37. The molecular formula is C16H25N3OS. The van der Waals surface area contributed by atoms with Crippen LogP contribution in [0, 0.1) is 0 Å². The average Bonchev–Trinajstić information content (AvgIpc) is 2.96. The lowest BCUT2D eigenvalue weighted by molar-refractivity contribution is 0.0955. The second-order valence-electron chi connectivity index (χ2n) is 5.97. The minimum atomic E-state index is 0.120. The summed E-state index contributed by atoms with van der Waals surface area (Å²) >= 11 is 1.70. The Bertz CT molecular complexity index is 456. The van der Waals surface area contributed by atoms with Gasteiger partial charge in [-0.25, -0.2) is 0 Å². The number of rotatable bonds is 5. The van der Waals surface area contributed by atoms with Gasteiger partial charge in [0.2, 0.25) is 0 Å². The Morgan fingerprint density at radius 2 is 2.10 bits per heavy atom. The van der Waals surface area contributed by atoms with Crippen LogP contribution >= 0.6 is 11.3 Å². The number of carbonyl (C=O) groups excluding carboxylic acids is 1. The summed E-state index contributed by atoms with van der Waals surface area (Å²) in [6.07, 6.45) is 5.91. The van der Waals surface area contributed by atoms with Gasteiger partial charge in [-0.1, -0.05) is 0 Å². The van der Waals surface area contributed by atoms with E-state index in [2.05, 4.69) is 21.6 Å². The summed E-state index contributed by atoms with van der Waals surface area (Å²) in [5.74, 6) is 0.120. The Morgan fingerprint density at radius 1 is 1.29 bits per heavy atom. The van der Waals surface area contributed by atoms with Crippen molar-refractivity contribution in [3.8, 4) is 0 Å². The van der Waals surface area contributed by atoms with Gasteiger partial charge in [0.15, 0.2) is 0 Å². The number of piperazine rings is 1. The fourth-order valence-corrected chi connectivity index (χ4v) is 4.30. The highest BCUT2D eigenvalue weighted by atomic mass is 32.1. The Kier molecular flexibility index (Phi) is 5.27. The van der Waals surface area contributed by atoms with Crippen LogP contribution in [0.5, 0.6) is 0 Å². The molecule has 21 heavy (non-hydrogen) atoms. The normalized spacial score (nSPS) is 19.2. The van der Waals surface area contributed by atoms with E-state index in [1.54, 1.807) is 11.3 Å². The van der Waals surface area contributed by atoms with Crippen LogP contribution < -0.4 is 10.6 Å². The molecule has 1 saturated heterocycles. The highest BCUT2D eigenvalue weighted by Crippen LogP contribution is 2.29. The second kappa shape index (κ2) is 7.38. The highest BCUT2D eigenvalue weighted by Gasteiger charge is 2.17. The van der Waals surface area contributed by atoms with Crippen molar-refractivity contribution in [1.82, 2.24) is 15.5 Å². The molecule has 4 nitrogen and oxygen atoms in total. The minimum Gasteiger partial charge on any atom is -0.351 e. The number of aryl methyl sites for hydroxylation is 2. The lowest BCUT2D eigenvalue weighted by Gasteiger charge is -2.27. The van der Waals surface area contributed by atoms with E-state index in [0.29, 0.717) is 0 Å². The van der Waals surface area contributed by atoms with Crippen molar-refractivity contribution >= 4 is 17.2 Å². The van der Waals surface area contributed by atoms with E-state index in [9.17, 15) is 4.79 Å². The molecule has 1 aliphatic carbocycles. The summed E-state index contributed by atoms with van der Waals surface area (Å²) in [4.78, 5) is 17.0. The molecule has 0 bridgehead atoms. The predicted octanol–water partition coefficient (Wildman–Crippen LogP) is 1.65. The van der Waals surface area contributed by atoms with Crippen molar-refractivity contribution in [2.24, 2.45) is 0 Å². The molecule has 1 fully saturated rings. The zero-order valence-electron chi connectivity index (χ0n) is 12.6. The molecule has 3 rings (SSSR count). The summed E-state index contributed by atoms with van der Waals surface area (Å²) in [7, 11) is 0. The Labute approximate surface area is 130 Å². The van der Waals surface area contributed by atoms with Gasteiger partial charge in [-0.3, -0.25) is 4.79 Å². The molecule has 2 aliphatic rings. The second-order valence-corrected chi connectivity index (χ2v) is 7.10. The van der Waals surface area contributed by atoms with Crippen molar-refractivity contribution in [1.29, 1.82) is 0 Å². The molecule has 1 amide bonds. The third kappa shape index (κ3) is 4.05. The molecule has 0 radical (unpaired) electrons. The van der Waals surface area contributed by atoms with Crippen molar-refractivity contribution in [2.45, 2.75) is 32.1 Å². The summed E-state index contributed by atoms with van der Waals surface area (Å²) in [6, 6.07) is 2.12. The molecule has 0 atom stereocenters. The van der Waals surface area contributed by atoms with Gasteiger partial charge < -0.3 is 15.5 Å². The molecule has 0 aromatic carbocycles. The number of nitrogens with one attached hydrogen (secondary N) is 2. The molecule has 2 N–H and O–H groups in total. The Morgan fingerprint density at radius 3 is 2.90 bits per heavy atom. The number of thiophene rings is 1. The van der Waals surface area contributed by atoms with Gasteiger partial charge in [-0.05, 0) is 50.3 Å². The monoisotopic (exact) mass is 307 g/mol. The lowest BCUT2D eigenvalue weighted by atomic mass is 9.99. The van der Waals surface area contributed by atoms with E-state index >= 15 is 0 Å². The predicted molar refractivity (Wildman–Crippen MR) is 87.2 cm³/mol. The maximum Gasteiger partial charge on any atom is 0.261 e. The van der Waals surface area contributed by atoms with Gasteiger partial charge in [-0.2, -0.15) is 0 Å². The van der Waals surface area contributed by atoms with Crippen LogP contribution in [0.15, 0.2) is 6.07 Å². The van der Waals surface area contributed by atoms with Crippen molar-refractivity contribution in [2.75, 3.05) is 39.3 Å². The maximum atomic E-state index is 12.2. The summed E-state index contributed by atoms with van der Waals surface area (Å²) < 4.78 is 0. The number of hydrogen-bond acceptors (Lipinski definition) is 4. The first-order valence-electron chi connectivity index (χ1n) is 8.16. The number of fused-ring (bicyclic) bond motifs is 1. The topological polar surface area (TPSA) is 44.4 Å². The zero-order valence-corrected chi connectivity index (χ0v) is 13.4. The van der Waals surface area contributed by atoms with Gasteiger partial charge in [0, 0.05) is 37.6 Å². The van der Waals surface area contributed by atoms with Crippen molar-refractivity contribution < 1.29 is 4.79 Å². The zero-order chi connectivity index (χ0) is 14.5. The van der Waals surface area contributed by atoms with Gasteiger partial charge >= 0.3 is 0 Å². The first kappa shape index (κ1) is 15.0. The molecule has 0 unspecified atom stereocenters. The lowest BCUT2D eigenvalue weighted by Crippen LogP contribution is -2.44. The summed E-state index contributed by atoms with van der Waals surface area (Å²) in [6.45, 7) is 6.31. The maximum absolute atomic E-state index is 12.2. The van der Waals surface area contributed by atoms with Gasteiger partial charge in [0.1, 0.15) is 0 Å². The quantitative estimate of drug-likeness (QED) is 0.813. The Balaban J connectivity index is 1.40. The van der Waals surface area contributed by atoms with Crippen molar-refractivity contribution in [3.05, 3.63) is 21.4 Å².